The molecule has 1 unspecified atom stereocenters. The standard InChI is InChI=1S/C16H17ClN6O/c17-12-4-1-5-18-16(12)24-8-11-3-2-6-23(7-11)15-13-14(20-9-19-13)21-10-22-15/h1,4-5,9-11H,2-3,6-8H2,(H,19,20,21,22). The van der Waals surface area contributed by atoms with Crippen molar-refractivity contribution in [1.82, 2.24) is 24.9 Å². The van der Waals surface area contributed by atoms with Crippen LogP contribution in [0.15, 0.2) is 31.0 Å². The molecular weight excluding hydrogens is 328 g/mol. The molecule has 1 N–H and O–H groups in total. The van der Waals surface area contributed by atoms with Crippen LogP contribution in [-0.2, 0) is 0 Å². The quantitative estimate of drug-likeness (QED) is 0.783. The lowest BCUT2D eigenvalue weighted by Crippen LogP contribution is -2.38. The molecule has 0 radical (unpaired) electrons. The average Bonchev–Trinajstić information content (AvgIpc) is 3.10. The van der Waals surface area contributed by atoms with E-state index in [1.807, 2.05) is 0 Å². The number of ether oxygens (including phenoxy) is 1. The summed E-state index contributed by atoms with van der Waals surface area (Å²) in [6, 6.07) is 3.58. The number of halogens is 1. The molecule has 1 saturated heterocycles. The van der Waals surface area contributed by atoms with Gasteiger partial charge < -0.3 is 14.6 Å². The lowest BCUT2D eigenvalue weighted by atomic mass is 9.99. The second-order valence-corrected chi connectivity index (χ2v) is 6.26. The predicted octanol–water partition coefficient (Wildman–Crippen LogP) is 2.70. The zero-order chi connectivity index (χ0) is 16.4. The summed E-state index contributed by atoms with van der Waals surface area (Å²) in [5.74, 6) is 1.79. The van der Waals surface area contributed by atoms with Gasteiger partial charge in [-0.05, 0) is 25.0 Å². The van der Waals surface area contributed by atoms with Gasteiger partial charge in [-0.25, -0.2) is 19.9 Å². The molecule has 24 heavy (non-hydrogen) atoms. The summed E-state index contributed by atoms with van der Waals surface area (Å²) in [5, 5.41) is 0.542. The number of hydrogen-bond donors (Lipinski definition) is 1. The Morgan fingerprint density at radius 3 is 3.17 bits per heavy atom. The largest absolute Gasteiger partial charge is 0.476 e. The van der Waals surface area contributed by atoms with E-state index in [1.54, 1.807) is 31.0 Å². The Bertz CT molecular complexity index is 838. The molecule has 0 aliphatic carbocycles. The van der Waals surface area contributed by atoms with E-state index in [-0.39, 0.29) is 0 Å². The number of anilines is 1. The minimum atomic E-state index is 0.393. The Morgan fingerprint density at radius 1 is 1.29 bits per heavy atom. The summed E-state index contributed by atoms with van der Waals surface area (Å²) in [7, 11) is 0. The molecule has 1 fully saturated rings. The summed E-state index contributed by atoms with van der Waals surface area (Å²) < 4.78 is 5.81. The Hall–Kier alpha value is -2.41. The molecule has 1 aliphatic rings. The number of fused-ring (bicyclic) bond motifs is 1. The maximum absolute atomic E-state index is 6.09. The fraction of sp³-hybridized carbons (Fsp3) is 0.375. The molecule has 1 atom stereocenters. The van der Waals surface area contributed by atoms with Crippen molar-refractivity contribution in [3.05, 3.63) is 36.0 Å². The van der Waals surface area contributed by atoms with Crippen LogP contribution in [0.2, 0.25) is 5.02 Å². The number of aromatic amines is 1. The van der Waals surface area contributed by atoms with Crippen molar-refractivity contribution in [3.8, 4) is 5.88 Å². The Balaban J connectivity index is 1.46. The van der Waals surface area contributed by atoms with E-state index in [0.717, 1.165) is 37.3 Å². The van der Waals surface area contributed by atoms with Gasteiger partial charge in [-0.1, -0.05) is 11.6 Å². The first-order chi connectivity index (χ1) is 11.8. The van der Waals surface area contributed by atoms with Gasteiger partial charge in [-0.3, -0.25) is 0 Å². The zero-order valence-corrected chi connectivity index (χ0v) is 13.8. The van der Waals surface area contributed by atoms with Crippen molar-refractivity contribution >= 4 is 28.6 Å². The molecule has 0 saturated carbocycles. The minimum Gasteiger partial charge on any atom is -0.476 e. The van der Waals surface area contributed by atoms with Crippen molar-refractivity contribution in [3.63, 3.8) is 0 Å². The van der Waals surface area contributed by atoms with Crippen molar-refractivity contribution in [2.24, 2.45) is 5.92 Å². The number of nitrogens with one attached hydrogen (secondary N) is 1. The molecule has 4 rings (SSSR count). The average molecular weight is 345 g/mol. The highest BCUT2D eigenvalue weighted by molar-refractivity contribution is 6.31. The molecule has 8 heteroatoms. The molecule has 0 bridgehead atoms. The molecule has 0 amide bonds. The third-order valence-electron chi connectivity index (χ3n) is 4.20. The fourth-order valence-electron chi connectivity index (χ4n) is 3.06. The highest BCUT2D eigenvalue weighted by atomic mass is 35.5. The van der Waals surface area contributed by atoms with Crippen LogP contribution in [0.3, 0.4) is 0 Å². The number of hydrogen-bond acceptors (Lipinski definition) is 6. The molecule has 0 aromatic carbocycles. The SMILES string of the molecule is Clc1cccnc1OCC1CCCN(c2ncnc3nc[nH]c23)C1. The lowest BCUT2D eigenvalue weighted by Gasteiger charge is -2.33. The Labute approximate surface area is 144 Å². The van der Waals surface area contributed by atoms with Crippen LogP contribution in [0.1, 0.15) is 12.8 Å². The Morgan fingerprint density at radius 2 is 2.25 bits per heavy atom. The van der Waals surface area contributed by atoms with Crippen LogP contribution < -0.4 is 9.64 Å². The maximum Gasteiger partial charge on any atom is 0.232 e. The number of pyridine rings is 1. The summed E-state index contributed by atoms with van der Waals surface area (Å²) >= 11 is 6.09. The maximum atomic E-state index is 6.09. The number of aromatic nitrogens is 5. The lowest BCUT2D eigenvalue weighted by molar-refractivity contribution is 0.222. The van der Waals surface area contributed by atoms with Gasteiger partial charge in [-0.15, -0.1) is 0 Å². The topological polar surface area (TPSA) is 79.8 Å². The van der Waals surface area contributed by atoms with Crippen molar-refractivity contribution < 1.29 is 4.74 Å². The van der Waals surface area contributed by atoms with Crippen LogP contribution in [0.5, 0.6) is 5.88 Å². The highest BCUT2D eigenvalue weighted by Gasteiger charge is 2.24. The van der Waals surface area contributed by atoms with Gasteiger partial charge in [0.15, 0.2) is 11.5 Å². The van der Waals surface area contributed by atoms with Gasteiger partial charge in [0.1, 0.15) is 16.9 Å². The summed E-state index contributed by atoms with van der Waals surface area (Å²) in [6.45, 7) is 2.42. The third-order valence-corrected chi connectivity index (χ3v) is 4.49. The minimum absolute atomic E-state index is 0.393. The van der Waals surface area contributed by atoms with E-state index in [1.165, 1.54) is 0 Å². The number of piperidine rings is 1. The third kappa shape index (κ3) is 2.99. The first kappa shape index (κ1) is 15.1. The molecule has 4 heterocycles. The van der Waals surface area contributed by atoms with Crippen molar-refractivity contribution in [2.75, 3.05) is 24.6 Å². The van der Waals surface area contributed by atoms with Gasteiger partial charge in [0.25, 0.3) is 0 Å². The monoisotopic (exact) mass is 344 g/mol. The summed E-state index contributed by atoms with van der Waals surface area (Å²) in [5.41, 5.74) is 1.57. The molecule has 7 nitrogen and oxygen atoms in total. The van der Waals surface area contributed by atoms with Crippen molar-refractivity contribution in [1.29, 1.82) is 0 Å². The summed E-state index contributed by atoms with van der Waals surface area (Å²) in [6.07, 6.45) is 7.09. The van der Waals surface area contributed by atoms with E-state index in [4.69, 9.17) is 16.3 Å². The van der Waals surface area contributed by atoms with Crippen LogP contribution in [0.25, 0.3) is 11.2 Å². The second kappa shape index (κ2) is 6.60. The van der Waals surface area contributed by atoms with Crippen molar-refractivity contribution in [2.45, 2.75) is 12.8 Å². The fourth-order valence-corrected chi connectivity index (χ4v) is 3.24. The van der Waals surface area contributed by atoms with Gasteiger partial charge >= 0.3 is 0 Å². The van der Waals surface area contributed by atoms with E-state index in [0.29, 0.717) is 29.1 Å². The van der Waals surface area contributed by atoms with Gasteiger partial charge in [-0.2, -0.15) is 0 Å². The van der Waals surface area contributed by atoms with Crippen LogP contribution in [0, 0.1) is 5.92 Å². The molecule has 124 valence electrons. The molecule has 3 aromatic rings. The first-order valence-electron chi connectivity index (χ1n) is 7.93. The van der Waals surface area contributed by atoms with E-state index in [2.05, 4.69) is 29.8 Å². The number of H-pyrrole nitrogens is 1. The predicted molar refractivity (Wildman–Crippen MR) is 91.4 cm³/mol. The number of nitrogens with zero attached hydrogens (tertiary/aromatic N) is 5. The van der Waals surface area contributed by atoms with Gasteiger partial charge in [0.05, 0.1) is 12.9 Å². The summed E-state index contributed by atoms with van der Waals surface area (Å²) in [4.78, 5) is 22.4. The highest BCUT2D eigenvalue weighted by Crippen LogP contribution is 2.27. The van der Waals surface area contributed by atoms with Crippen LogP contribution >= 0.6 is 11.6 Å². The van der Waals surface area contributed by atoms with Gasteiger partial charge in [0.2, 0.25) is 5.88 Å². The van der Waals surface area contributed by atoms with Crippen LogP contribution in [-0.4, -0.2) is 44.6 Å². The zero-order valence-electron chi connectivity index (χ0n) is 13.0. The molecule has 3 aromatic heterocycles. The molecular formula is C16H17ClN6O. The Kier molecular flexibility index (Phi) is 4.17. The second-order valence-electron chi connectivity index (χ2n) is 5.85. The van der Waals surface area contributed by atoms with Crippen LogP contribution in [0.4, 0.5) is 5.82 Å². The van der Waals surface area contributed by atoms with E-state index >= 15 is 0 Å². The van der Waals surface area contributed by atoms with E-state index < -0.39 is 0 Å². The normalized spacial score (nSPS) is 18.0. The molecule has 1 aliphatic heterocycles. The number of rotatable bonds is 4. The van der Waals surface area contributed by atoms with Gasteiger partial charge in [0, 0.05) is 25.2 Å². The smallest absolute Gasteiger partial charge is 0.232 e. The number of imidazole rings is 1. The first-order valence-corrected chi connectivity index (χ1v) is 8.31. The van der Waals surface area contributed by atoms with E-state index in [9.17, 15) is 0 Å². The molecule has 0 spiro atoms.